The average Bonchev–Trinajstić information content (AvgIpc) is 1.95. The lowest BCUT2D eigenvalue weighted by molar-refractivity contribution is 0.475. The van der Waals surface area contributed by atoms with Crippen molar-refractivity contribution in [2.24, 2.45) is 0 Å². The molecular weight excluding hydrogens is 128 g/mol. The second-order valence-electron chi connectivity index (χ2n) is 1.78. The van der Waals surface area contributed by atoms with E-state index in [1.807, 2.05) is 0 Å². The molecule has 0 aromatic heterocycles. The zero-order valence-corrected chi connectivity index (χ0v) is 5.20. The number of phenols is 1. The average molecular weight is 134 g/mol. The summed E-state index contributed by atoms with van der Waals surface area (Å²) < 4.78 is 0. The van der Waals surface area contributed by atoms with Gasteiger partial charge in [0.05, 0.1) is 0 Å². The van der Waals surface area contributed by atoms with Gasteiger partial charge in [-0.2, -0.15) is 5.26 Å². The first-order valence-corrected chi connectivity index (χ1v) is 2.77. The summed E-state index contributed by atoms with van der Waals surface area (Å²) >= 11 is 0. The van der Waals surface area contributed by atoms with Crippen LogP contribution in [0.4, 0.5) is 5.69 Å². The number of aromatic hydroxyl groups is 1. The van der Waals surface area contributed by atoms with Crippen LogP contribution in [0.15, 0.2) is 24.3 Å². The third-order valence-corrected chi connectivity index (χ3v) is 1.07. The van der Waals surface area contributed by atoms with Crippen molar-refractivity contribution in [1.82, 2.24) is 0 Å². The maximum absolute atomic E-state index is 8.81. The predicted octanol–water partition coefficient (Wildman–Crippen LogP) is 1.29. The van der Waals surface area contributed by atoms with Crippen LogP contribution in [0.5, 0.6) is 5.75 Å². The molecular formula is C7H6N2O. The molecule has 10 heavy (non-hydrogen) atoms. The van der Waals surface area contributed by atoms with E-state index in [0.717, 1.165) is 0 Å². The third-order valence-electron chi connectivity index (χ3n) is 1.07. The van der Waals surface area contributed by atoms with Crippen LogP contribution < -0.4 is 5.32 Å². The highest BCUT2D eigenvalue weighted by Gasteiger charge is 1.87. The fourth-order valence-electron chi connectivity index (χ4n) is 0.609. The minimum absolute atomic E-state index is 0.198. The quantitative estimate of drug-likeness (QED) is 0.345. The van der Waals surface area contributed by atoms with Gasteiger partial charge in [0.2, 0.25) is 0 Å². The van der Waals surface area contributed by atoms with Gasteiger partial charge in [-0.25, -0.2) is 0 Å². The fourth-order valence-corrected chi connectivity index (χ4v) is 0.609. The Balaban J connectivity index is 2.81. The number of rotatable bonds is 1. The van der Waals surface area contributed by atoms with Crippen LogP contribution in [0.1, 0.15) is 0 Å². The highest BCUT2D eigenvalue weighted by atomic mass is 16.3. The Kier molecular flexibility index (Phi) is 1.76. The van der Waals surface area contributed by atoms with Crippen LogP contribution >= 0.6 is 0 Å². The molecule has 0 unspecified atom stereocenters. The Bertz CT molecular complexity index is 247. The number of anilines is 1. The Labute approximate surface area is 58.5 Å². The summed E-state index contributed by atoms with van der Waals surface area (Å²) in [5.74, 6) is 0.198. The first-order valence-electron chi connectivity index (χ1n) is 2.77. The molecule has 0 fully saturated rings. The lowest BCUT2D eigenvalue weighted by atomic mass is 10.3. The van der Waals surface area contributed by atoms with E-state index in [1.54, 1.807) is 18.3 Å². The van der Waals surface area contributed by atoms with Crippen molar-refractivity contribution in [3.05, 3.63) is 24.3 Å². The first-order chi connectivity index (χ1) is 4.83. The summed E-state index contributed by atoms with van der Waals surface area (Å²) in [6.07, 6.45) is 1.77. The molecule has 1 aromatic carbocycles. The van der Waals surface area contributed by atoms with E-state index in [0.29, 0.717) is 5.69 Å². The Morgan fingerprint density at radius 3 is 2.40 bits per heavy atom. The molecule has 0 aliphatic heterocycles. The van der Waals surface area contributed by atoms with E-state index in [-0.39, 0.29) is 5.75 Å². The highest BCUT2D eigenvalue weighted by molar-refractivity contribution is 5.48. The summed E-state index contributed by atoms with van der Waals surface area (Å²) in [7, 11) is 0. The molecule has 50 valence electrons. The SMILES string of the molecule is N#CNc1ccc(O)cc1. The summed E-state index contributed by atoms with van der Waals surface area (Å²) in [6.45, 7) is 0. The second-order valence-corrected chi connectivity index (χ2v) is 1.78. The van der Waals surface area contributed by atoms with Gasteiger partial charge in [0, 0.05) is 5.69 Å². The van der Waals surface area contributed by atoms with Gasteiger partial charge in [0.15, 0.2) is 6.19 Å². The summed E-state index contributed by atoms with van der Waals surface area (Å²) in [5.41, 5.74) is 0.681. The zero-order chi connectivity index (χ0) is 7.40. The van der Waals surface area contributed by atoms with Gasteiger partial charge >= 0.3 is 0 Å². The van der Waals surface area contributed by atoms with E-state index in [4.69, 9.17) is 10.4 Å². The van der Waals surface area contributed by atoms with E-state index in [1.165, 1.54) is 12.1 Å². The number of phenolic OH excluding ortho intramolecular Hbond substituents is 1. The number of hydrogen-bond acceptors (Lipinski definition) is 3. The Morgan fingerprint density at radius 1 is 1.30 bits per heavy atom. The van der Waals surface area contributed by atoms with Gasteiger partial charge in [-0.3, -0.25) is 5.32 Å². The standard InChI is InChI=1S/C7H6N2O/c8-5-9-6-1-3-7(10)4-2-6/h1-4,9-10H. The van der Waals surface area contributed by atoms with Crippen molar-refractivity contribution in [3.8, 4) is 11.9 Å². The number of nitriles is 1. The molecule has 0 atom stereocenters. The van der Waals surface area contributed by atoms with Crippen LogP contribution in [-0.2, 0) is 0 Å². The van der Waals surface area contributed by atoms with E-state index in [2.05, 4.69) is 5.32 Å². The molecule has 0 spiro atoms. The predicted molar refractivity (Wildman–Crippen MR) is 37.3 cm³/mol. The molecule has 2 N–H and O–H groups in total. The molecule has 0 saturated heterocycles. The first kappa shape index (κ1) is 6.43. The maximum Gasteiger partial charge on any atom is 0.181 e. The van der Waals surface area contributed by atoms with Crippen LogP contribution in [0, 0.1) is 11.5 Å². The summed E-state index contributed by atoms with van der Waals surface area (Å²) in [5, 5.41) is 19.4. The van der Waals surface area contributed by atoms with Gasteiger partial charge < -0.3 is 5.11 Å². The van der Waals surface area contributed by atoms with Gasteiger partial charge in [0.25, 0.3) is 0 Å². The van der Waals surface area contributed by atoms with Crippen molar-refractivity contribution in [1.29, 1.82) is 5.26 Å². The van der Waals surface area contributed by atoms with Crippen LogP contribution in [0.3, 0.4) is 0 Å². The molecule has 0 bridgehead atoms. The van der Waals surface area contributed by atoms with Gasteiger partial charge in [0.1, 0.15) is 5.75 Å². The molecule has 0 heterocycles. The monoisotopic (exact) mass is 134 g/mol. The summed E-state index contributed by atoms with van der Waals surface area (Å²) in [4.78, 5) is 0. The van der Waals surface area contributed by atoms with E-state index < -0.39 is 0 Å². The molecule has 1 rings (SSSR count). The minimum atomic E-state index is 0.198. The molecule has 0 radical (unpaired) electrons. The van der Waals surface area contributed by atoms with Crippen molar-refractivity contribution in [2.45, 2.75) is 0 Å². The van der Waals surface area contributed by atoms with Crippen LogP contribution in [0.25, 0.3) is 0 Å². The van der Waals surface area contributed by atoms with Crippen molar-refractivity contribution < 1.29 is 5.11 Å². The molecule has 3 nitrogen and oxygen atoms in total. The van der Waals surface area contributed by atoms with Crippen LogP contribution in [-0.4, -0.2) is 5.11 Å². The van der Waals surface area contributed by atoms with Gasteiger partial charge in [-0.05, 0) is 24.3 Å². The molecule has 0 aliphatic rings. The fraction of sp³-hybridized carbons (Fsp3) is 0. The molecule has 1 aromatic rings. The lowest BCUT2D eigenvalue weighted by Crippen LogP contribution is -1.84. The molecule has 0 aliphatic carbocycles. The van der Waals surface area contributed by atoms with Crippen LogP contribution in [0.2, 0.25) is 0 Å². The number of nitrogens with zero attached hydrogens (tertiary/aromatic N) is 1. The highest BCUT2D eigenvalue weighted by Crippen LogP contribution is 2.12. The van der Waals surface area contributed by atoms with Crippen molar-refractivity contribution in [2.75, 3.05) is 5.32 Å². The number of benzene rings is 1. The Morgan fingerprint density at radius 2 is 1.90 bits per heavy atom. The normalized spacial score (nSPS) is 8.30. The third kappa shape index (κ3) is 1.39. The Hall–Kier alpha value is -1.69. The molecule has 0 saturated carbocycles. The van der Waals surface area contributed by atoms with Crippen molar-refractivity contribution >= 4 is 5.69 Å². The largest absolute Gasteiger partial charge is 0.508 e. The second kappa shape index (κ2) is 2.74. The van der Waals surface area contributed by atoms with E-state index >= 15 is 0 Å². The van der Waals surface area contributed by atoms with Crippen molar-refractivity contribution in [3.63, 3.8) is 0 Å². The number of hydrogen-bond donors (Lipinski definition) is 2. The van der Waals surface area contributed by atoms with Gasteiger partial charge in [-0.15, -0.1) is 0 Å². The minimum Gasteiger partial charge on any atom is -0.508 e. The zero-order valence-electron chi connectivity index (χ0n) is 5.20. The molecule has 0 amide bonds. The molecule has 3 heteroatoms. The number of nitrogens with one attached hydrogen (secondary N) is 1. The topological polar surface area (TPSA) is 56.0 Å². The summed E-state index contributed by atoms with van der Waals surface area (Å²) in [6, 6.07) is 6.27. The maximum atomic E-state index is 8.81. The van der Waals surface area contributed by atoms with E-state index in [9.17, 15) is 0 Å². The lowest BCUT2D eigenvalue weighted by Gasteiger charge is -1.94. The smallest absolute Gasteiger partial charge is 0.181 e. The van der Waals surface area contributed by atoms with Gasteiger partial charge in [-0.1, -0.05) is 0 Å².